The highest BCUT2D eigenvalue weighted by atomic mass is 19.2. The van der Waals surface area contributed by atoms with Gasteiger partial charge in [0.2, 0.25) is 5.90 Å². The molecule has 1 N–H and O–H groups in total. The average molecular weight is 389 g/mol. The lowest BCUT2D eigenvalue weighted by molar-refractivity contribution is 0.256. The van der Waals surface area contributed by atoms with Gasteiger partial charge >= 0.3 is 0 Å². The molecule has 0 aliphatic carbocycles. The van der Waals surface area contributed by atoms with E-state index in [1.807, 2.05) is 6.08 Å². The molecule has 0 radical (unpaired) electrons. The Labute approximate surface area is 160 Å². The van der Waals surface area contributed by atoms with Crippen molar-refractivity contribution in [3.05, 3.63) is 71.3 Å². The Kier molecular flexibility index (Phi) is 5.10. The van der Waals surface area contributed by atoms with Crippen molar-refractivity contribution in [3.63, 3.8) is 0 Å². The highest BCUT2D eigenvalue weighted by Crippen LogP contribution is 2.26. The number of hydrogen-bond acceptors (Lipinski definition) is 5. The Morgan fingerprint density at radius 3 is 2.75 bits per heavy atom. The lowest BCUT2D eigenvalue weighted by Gasteiger charge is -2.33. The summed E-state index contributed by atoms with van der Waals surface area (Å²) in [4.78, 5) is 6.48. The van der Waals surface area contributed by atoms with Gasteiger partial charge in [-0.15, -0.1) is 0 Å². The molecule has 5 nitrogen and oxygen atoms in total. The summed E-state index contributed by atoms with van der Waals surface area (Å²) in [6.45, 7) is 2.55. The van der Waals surface area contributed by atoms with Crippen molar-refractivity contribution in [2.75, 3.05) is 19.8 Å². The summed E-state index contributed by atoms with van der Waals surface area (Å²) in [6, 6.07) is 7.35. The van der Waals surface area contributed by atoms with Crippen LogP contribution in [0.25, 0.3) is 0 Å². The van der Waals surface area contributed by atoms with Crippen LogP contribution in [0.4, 0.5) is 13.2 Å². The van der Waals surface area contributed by atoms with Crippen molar-refractivity contribution >= 4 is 5.90 Å². The van der Waals surface area contributed by atoms with Gasteiger partial charge in [0.25, 0.3) is 0 Å². The Balaban J connectivity index is 1.38. The van der Waals surface area contributed by atoms with Crippen LogP contribution in [0.3, 0.4) is 0 Å². The molecule has 0 bridgehead atoms. The molecule has 0 spiro atoms. The molecule has 1 fully saturated rings. The van der Waals surface area contributed by atoms with Crippen molar-refractivity contribution in [1.29, 1.82) is 0 Å². The summed E-state index contributed by atoms with van der Waals surface area (Å²) in [5.41, 5.74) is 0.593. The molecule has 8 heteroatoms. The fourth-order valence-corrected chi connectivity index (χ4v) is 2.95. The number of hydrogen-bond donors (Lipinski definition) is 1. The second kappa shape index (κ2) is 7.84. The monoisotopic (exact) mass is 389 g/mol. The molecule has 146 valence electrons. The number of nitrogens with zero attached hydrogens (tertiary/aromatic N) is 2. The average Bonchev–Trinajstić information content (AvgIpc) is 2.71. The van der Waals surface area contributed by atoms with Gasteiger partial charge < -0.3 is 19.7 Å². The second-order valence-corrected chi connectivity index (χ2v) is 6.44. The molecule has 2 aromatic carbocycles. The van der Waals surface area contributed by atoms with Crippen LogP contribution in [0, 0.1) is 17.5 Å². The third-order valence-electron chi connectivity index (χ3n) is 4.41. The number of fused-ring (bicyclic) bond motifs is 1. The Morgan fingerprint density at radius 1 is 1.04 bits per heavy atom. The van der Waals surface area contributed by atoms with E-state index >= 15 is 0 Å². The summed E-state index contributed by atoms with van der Waals surface area (Å²) >= 11 is 0. The highest BCUT2D eigenvalue weighted by molar-refractivity contribution is 5.88. The zero-order valence-corrected chi connectivity index (χ0v) is 14.9. The van der Waals surface area contributed by atoms with Crippen LogP contribution >= 0.6 is 0 Å². The maximum Gasteiger partial charge on any atom is 0.214 e. The molecule has 0 unspecified atom stereocenters. The molecule has 0 atom stereocenters. The molecule has 1 saturated heterocycles. The predicted octanol–water partition coefficient (Wildman–Crippen LogP) is 3.92. The normalized spacial score (nSPS) is 15.9. The van der Waals surface area contributed by atoms with E-state index in [-0.39, 0.29) is 18.1 Å². The van der Waals surface area contributed by atoms with Crippen molar-refractivity contribution < 1.29 is 22.6 Å². The van der Waals surface area contributed by atoms with Gasteiger partial charge in [0.1, 0.15) is 24.8 Å². The van der Waals surface area contributed by atoms with E-state index in [0.29, 0.717) is 18.1 Å². The Morgan fingerprint density at radius 2 is 1.93 bits per heavy atom. The first-order valence-corrected chi connectivity index (χ1v) is 8.87. The Bertz CT molecular complexity index is 946. The molecule has 0 aromatic heterocycles. The standard InChI is InChI=1S/C20H18F3N3O2/c21-15-4-3-14(9-16(15)22)28-18-5-2-13(8-17(18)23)11-27-20-10-19-24-6-1-7-26(19)12-25-20/h2-5,8-10,24H,1,6-7,11-12H2. The number of ether oxygens (including phenoxy) is 2. The summed E-state index contributed by atoms with van der Waals surface area (Å²) < 4.78 is 51.4. The van der Waals surface area contributed by atoms with Gasteiger partial charge in [0.05, 0.1) is 0 Å². The van der Waals surface area contributed by atoms with Crippen molar-refractivity contribution in [2.24, 2.45) is 4.99 Å². The van der Waals surface area contributed by atoms with E-state index in [1.165, 1.54) is 18.2 Å². The van der Waals surface area contributed by atoms with Crippen LogP contribution in [-0.2, 0) is 11.3 Å². The predicted molar refractivity (Wildman–Crippen MR) is 97.3 cm³/mol. The molecular weight excluding hydrogens is 371 g/mol. The van der Waals surface area contributed by atoms with Gasteiger partial charge in [0.15, 0.2) is 23.2 Å². The topological polar surface area (TPSA) is 46.1 Å². The van der Waals surface area contributed by atoms with E-state index in [0.717, 1.165) is 37.5 Å². The number of benzene rings is 2. The van der Waals surface area contributed by atoms with E-state index in [2.05, 4.69) is 15.2 Å². The van der Waals surface area contributed by atoms with Gasteiger partial charge in [-0.2, -0.15) is 0 Å². The fraction of sp³-hybridized carbons (Fsp3) is 0.250. The van der Waals surface area contributed by atoms with Gasteiger partial charge in [-0.3, -0.25) is 0 Å². The highest BCUT2D eigenvalue weighted by Gasteiger charge is 2.19. The Hall–Kier alpha value is -3.16. The molecule has 0 saturated carbocycles. The number of halogens is 3. The first-order chi connectivity index (χ1) is 13.6. The number of aliphatic imine (C=N–C) groups is 1. The van der Waals surface area contributed by atoms with Crippen LogP contribution in [0.1, 0.15) is 12.0 Å². The van der Waals surface area contributed by atoms with Gasteiger partial charge in [-0.25, -0.2) is 18.2 Å². The van der Waals surface area contributed by atoms with Gasteiger partial charge in [-0.1, -0.05) is 6.07 Å². The molecule has 2 heterocycles. The van der Waals surface area contributed by atoms with E-state index in [9.17, 15) is 13.2 Å². The molecule has 4 rings (SSSR count). The van der Waals surface area contributed by atoms with Crippen LogP contribution in [0.2, 0.25) is 0 Å². The molecule has 0 amide bonds. The van der Waals surface area contributed by atoms with Gasteiger partial charge in [0, 0.05) is 25.2 Å². The minimum absolute atomic E-state index is 0.00882. The van der Waals surface area contributed by atoms with Crippen LogP contribution < -0.4 is 10.1 Å². The van der Waals surface area contributed by atoms with Crippen LogP contribution in [-0.4, -0.2) is 30.6 Å². The zero-order valence-electron chi connectivity index (χ0n) is 14.9. The first-order valence-electron chi connectivity index (χ1n) is 8.87. The molecule has 28 heavy (non-hydrogen) atoms. The summed E-state index contributed by atoms with van der Waals surface area (Å²) in [5.74, 6) is -1.29. The third kappa shape index (κ3) is 4.05. The second-order valence-electron chi connectivity index (χ2n) is 6.44. The molecule has 2 aromatic rings. The third-order valence-corrected chi connectivity index (χ3v) is 4.41. The van der Waals surface area contributed by atoms with Crippen molar-refractivity contribution in [3.8, 4) is 11.5 Å². The minimum Gasteiger partial charge on any atom is -0.473 e. The van der Waals surface area contributed by atoms with Crippen LogP contribution in [0.5, 0.6) is 11.5 Å². The fourth-order valence-electron chi connectivity index (χ4n) is 2.95. The molecule has 2 aliphatic heterocycles. The SMILES string of the molecule is Fc1ccc(Oc2ccc(COC3=NCN4CCCNC4=C3)cc2F)cc1F. The number of nitrogens with one attached hydrogen (secondary N) is 1. The zero-order chi connectivity index (χ0) is 19.5. The maximum atomic E-state index is 14.3. The van der Waals surface area contributed by atoms with E-state index in [1.54, 1.807) is 6.07 Å². The smallest absolute Gasteiger partial charge is 0.214 e. The lowest BCUT2D eigenvalue weighted by atomic mass is 10.2. The minimum atomic E-state index is -1.06. The largest absolute Gasteiger partial charge is 0.473 e. The van der Waals surface area contributed by atoms with E-state index < -0.39 is 17.5 Å². The summed E-state index contributed by atoms with van der Waals surface area (Å²) in [7, 11) is 0. The summed E-state index contributed by atoms with van der Waals surface area (Å²) in [5, 5.41) is 3.30. The van der Waals surface area contributed by atoms with Gasteiger partial charge in [-0.05, 0) is 36.2 Å². The number of rotatable bonds is 4. The maximum absolute atomic E-state index is 14.3. The molecule has 2 aliphatic rings. The quantitative estimate of drug-likeness (QED) is 0.861. The summed E-state index contributed by atoms with van der Waals surface area (Å²) in [6.07, 6.45) is 2.90. The molecular formula is C20H18F3N3O2. The first kappa shape index (κ1) is 18.2. The van der Waals surface area contributed by atoms with Crippen molar-refractivity contribution in [2.45, 2.75) is 13.0 Å². The van der Waals surface area contributed by atoms with Crippen LogP contribution in [0.15, 0.2) is 53.3 Å². The van der Waals surface area contributed by atoms with E-state index in [4.69, 9.17) is 9.47 Å². The van der Waals surface area contributed by atoms with Crippen molar-refractivity contribution in [1.82, 2.24) is 10.2 Å². The lowest BCUT2D eigenvalue weighted by Crippen LogP contribution is -2.41.